The second kappa shape index (κ2) is 9.79. The maximum atomic E-state index is 6.38. The van der Waals surface area contributed by atoms with Gasteiger partial charge in [0.15, 0.2) is 0 Å². The Kier molecular flexibility index (Phi) is 6.25. The molecule has 1 aliphatic heterocycles. The van der Waals surface area contributed by atoms with Gasteiger partial charge in [0.25, 0.3) is 5.89 Å². The molecule has 168 valence electrons. The SMILES string of the molecule is CCOc1cccc(CN2CCC(Oc3ccccc3-c3nc(-c4cnccn4)no3)C2)c1. The highest BCUT2D eigenvalue weighted by Gasteiger charge is 2.26. The zero-order valence-electron chi connectivity index (χ0n) is 18.4. The molecule has 2 aromatic heterocycles. The Morgan fingerprint density at radius 1 is 1.12 bits per heavy atom. The average molecular weight is 444 g/mol. The molecule has 33 heavy (non-hydrogen) atoms. The smallest absolute Gasteiger partial charge is 0.262 e. The normalized spacial score (nSPS) is 16.1. The standard InChI is InChI=1S/C25H25N5O3/c1-2-31-19-7-5-6-18(14-19)16-30-13-10-20(17-30)32-23-9-4-3-8-21(23)25-28-24(29-33-25)22-15-26-11-12-27-22/h3-9,11-12,14-15,20H,2,10,13,16-17H2,1H3. The largest absolute Gasteiger partial charge is 0.494 e. The zero-order valence-corrected chi connectivity index (χ0v) is 18.4. The molecule has 8 heteroatoms. The quantitative estimate of drug-likeness (QED) is 0.400. The van der Waals surface area contributed by atoms with Gasteiger partial charge in [-0.25, -0.2) is 4.98 Å². The Hall–Kier alpha value is -3.78. The number of likely N-dealkylation sites (tertiary alicyclic amines) is 1. The van der Waals surface area contributed by atoms with Crippen molar-refractivity contribution in [1.29, 1.82) is 0 Å². The van der Waals surface area contributed by atoms with E-state index in [2.05, 4.69) is 37.1 Å². The summed E-state index contributed by atoms with van der Waals surface area (Å²) in [6.45, 7) is 5.36. The van der Waals surface area contributed by atoms with Crippen LogP contribution >= 0.6 is 0 Å². The lowest BCUT2D eigenvalue weighted by molar-refractivity contribution is 0.198. The van der Waals surface area contributed by atoms with Gasteiger partial charge in [-0.2, -0.15) is 4.98 Å². The molecule has 4 aromatic rings. The Balaban J connectivity index is 1.26. The zero-order chi connectivity index (χ0) is 22.5. The minimum absolute atomic E-state index is 0.0867. The predicted octanol–water partition coefficient (Wildman–Crippen LogP) is 4.25. The van der Waals surface area contributed by atoms with E-state index in [0.717, 1.165) is 43.1 Å². The minimum atomic E-state index is 0.0867. The summed E-state index contributed by atoms with van der Waals surface area (Å²) in [4.78, 5) is 15.2. The van der Waals surface area contributed by atoms with E-state index in [1.807, 2.05) is 43.3 Å². The van der Waals surface area contributed by atoms with E-state index in [9.17, 15) is 0 Å². The number of para-hydroxylation sites is 1. The second-order valence-electron chi connectivity index (χ2n) is 7.85. The van der Waals surface area contributed by atoms with Crippen LogP contribution in [0.2, 0.25) is 0 Å². The molecule has 0 amide bonds. The van der Waals surface area contributed by atoms with Gasteiger partial charge in [-0.3, -0.25) is 9.88 Å². The molecular formula is C25H25N5O3. The van der Waals surface area contributed by atoms with Crippen LogP contribution in [0.4, 0.5) is 0 Å². The fourth-order valence-corrected chi connectivity index (χ4v) is 3.97. The molecule has 0 saturated carbocycles. The molecule has 1 aliphatic rings. The number of hydrogen-bond donors (Lipinski definition) is 0. The van der Waals surface area contributed by atoms with Crippen molar-refractivity contribution >= 4 is 0 Å². The first-order chi connectivity index (χ1) is 16.3. The van der Waals surface area contributed by atoms with Gasteiger partial charge in [0.2, 0.25) is 5.82 Å². The molecular weight excluding hydrogens is 418 g/mol. The van der Waals surface area contributed by atoms with Gasteiger partial charge < -0.3 is 14.0 Å². The van der Waals surface area contributed by atoms with Crippen LogP contribution in [0.15, 0.2) is 71.6 Å². The van der Waals surface area contributed by atoms with Crippen LogP contribution in [0.5, 0.6) is 11.5 Å². The molecule has 0 bridgehead atoms. The molecule has 5 rings (SSSR count). The molecule has 1 atom stereocenters. The first kappa shape index (κ1) is 21.1. The van der Waals surface area contributed by atoms with E-state index >= 15 is 0 Å². The molecule has 0 spiro atoms. The van der Waals surface area contributed by atoms with Crippen LogP contribution in [0.3, 0.4) is 0 Å². The molecule has 1 unspecified atom stereocenters. The Bertz CT molecular complexity index is 1200. The third kappa shape index (κ3) is 5.01. The van der Waals surface area contributed by atoms with Gasteiger partial charge in [-0.1, -0.05) is 29.4 Å². The molecule has 0 aliphatic carbocycles. The number of ether oxygens (including phenoxy) is 2. The van der Waals surface area contributed by atoms with Crippen molar-refractivity contribution < 1.29 is 14.0 Å². The van der Waals surface area contributed by atoms with Crippen LogP contribution in [-0.2, 0) is 6.54 Å². The molecule has 2 aromatic carbocycles. The number of benzene rings is 2. The number of hydrogen-bond acceptors (Lipinski definition) is 8. The minimum Gasteiger partial charge on any atom is -0.494 e. The Morgan fingerprint density at radius 2 is 2.06 bits per heavy atom. The van der Waals surface area contributed by atoms with E-state index in [1.165, 1.54) is 5.56 Å². The number of aromatic nitrogens is 4. The second-order valence-corrected chi connectivity index (χ2v) is 7.85. The summed E-state index contributed by atoms with van der Waals surface area (Å²) in [6.07, 6.45) is 5.85. The predicted molar refractivity (Wildman–Crippen MR) is 123 cm³/mol. The van der Waals surface area contributed by atoms with Crippen LogP contribution in [0.1, 0.15) is 18.9 Å². The highest BCUT2D eigenvalue weighted by molar-refractivity contribution is 5.64. The van der Waals surface area contributed by atoms with Gasteiger partial charge >= 0.3 is 0 Å². The van der Waals surface area contributed by atoms with Crippen LogP contribution in [-0.4, -0.2) is 50.8 Å². The van der Waals surface area contributed by atoms with Gasteiger partial charge in [-0.15, -0.1) is 0 Å². The van der Waals surface area contributed by atoms with E-state index in [0.29, 0.717) is 24.0 Å². The van der Waals surface area contributed by atoms with E-state index < -0.39 is 0 Å². The topological polar surface area (TPSA) is 86.4 Å². The van der Waals surface area contributed by atoms with Crippen LogP contribution in [0.25, 0.3) is 23.0 Å². The van der Waals surface area contributed by atoms with Gasteiger partial charge in [-0.05, 0) is 43.2 Å². The lowest BCUT2D eigenvalue weighted by Gasteiger charge is -2.18. The first-order valence-electron chi connectivity index (χ1n) is 11.1. The summed E-state index contributed by atoms with van der Waals surface area (Å²) in [6, 6.07) is 16.0. The number of rotatable bonds is 8. The molecule has 1 saturated heterocycles. The molecule has 1 fully saturated rings. The van der Waals surface area contributed by atoms with Gasteiger partial charge in [0.05, 0.1) is 18.4 Å². The summed E-state index contributed by atoms with van der Waals surface area (Å²) in [5, 5.41) is 4.05. The average Bonchev–Trinajstić information content (AvgIpc) is 3.51. The third-order valence-corrected chi connectivity index (χ3v) is 5.47. The van der Waals surface area contributed by atoms with Gasteiger partial charge in [0.1, 0.15) is 23.3 Å². The van der Waals surface area contributed by atoms with Crippen LogP contribution in [0, 0.1) is 0 Å². The first-order valence-corrected chi connectivity index (χ1v) is 11.1. The highest BCUT2D eigenvalue weighted by atomic mass is 16.5. The lowest BCUT2D eigenvalue weighted by atomic mass is 10.2. The maximum absolute atomic E-state index is 6.38. The van der Waals surface area contributed by atoms with E-state index in [-0.39, 0.29) is 6.10 Å². The summed E-state index contributed by atoms with van der Waals surface area (Å²) in [5.41, 5.74) is 2.57. The molecule has 0 radical (unpaired) electrons. The van der Waals surface area contributed by atoms with E-state index in [4.69, 9.17) is 14.0 Å². The summed E-state index contributed by atoms with van der Waals surface area (Å²) in [7, 11) is 0. The highest BCUT2D eigenvalue weighted by Crippen LogP contribution is 2.32. The fourth-order valence-electron chi connectivity index (χ4n) is 3.97. The summed E-state index contributed by atoms with van der Waals surface area (Å²) >= 11 is 0. The Morgan fingerprint density at radius 3 is 2.94 bits per heavy atom. The fraction of sp³-hybridized carbons (Fsp3) is 0.280. The lowest BCUT2D eigenvalue weighted by Crippen LogP contribution is -2.24. The van der Waals surface area contributed by atoms with Gasteiger partial charge in [0, 0.05) is 32.0 Å². The molecule has 3 heterocycles. The van der Waals surface area contributed by atoms with Crippen molar-refractivity contribution in [2.24, 2.45) is 0 Å². The third-order valence-electron chi connectivity index (χ3n) is 5.47. The van der Waals surface area contributed by atoms with Crippen molar-refractivity contribution in [2.45, 2.75) is 26.0 Å². The molecule has 8 nitrogen and oxygen atoms in total. The summed E-state index contributed by atoms with van der Waals surface area (Å²) in [5.74, 6) is 2.44. The number of nitrogens with zero attached hydrogens (tertiary/aromatic N) is 5. The summed E-state index contributed by atoms with van der Waals surface area (Å²) < 4.78 is 17.5. The maximum Gasteiger partial charge on any atom is 0.262 e. The monoisotopic (exact) mass is 443 g/mol. The van der Waals surface area contributed by atoms with E-state index in [1.54, 1.807) is 18.6 Å². The molecule has 0 N–H and O–H groups in total. The van der Waals surface area contributed by atoms with Crippen molar-refractivity contribution in [2.75, 3.05) is 19.7 Å². The van der Waals surface area contributed by atoms with Crippen molar-refractivity contribution in [3.63, 3.8) is 0 Å². The van der Waals surface area contributed by atoms with Crippen LogP contribution < -0.4 is 9.47 Å². The van der Waals surface area contributed by atoms with Crippen molar-refractivity contribution in [3.05, 3.63) is 72.7 Å². The van der Waals surface area contributed by atoms with Crippen molar-refractivity contribution in [1.82, 2.24) is 25.0 Å². The Labute approximate surface area is 192 Å². The van der Waals surface area contributed by atoms with Crippen molar-refractivity contribution in [3.8, 4) is 34.5 Å².